The molecule has 2 aromatic carbocycles. The molecule has 1 heterocycles. The summed E-state index contributed by atoms with van der Waals surface area (Å²) in [5.41, 5.74) is 2.81. The number of rotatable bonds is 6. The molecule has 7 heteroatoms. The third-order valence-electron chi connectivity index (χ3n) is 5.66. The van der Waals surface area contributed by atoms with Crippen molar-refractivity contribution in [1.82, 2.24) is 9.80 Å². The molecule has 2 aromatic rings. The Morgan fingerprint density at radius 2 is 1.91 bits per heavy atom. The van der Waals surface area contributed by atoms with Gasteiger partial charge in [0.2, 0.25) is 5.91 Å². The van der Waals surface area contributed by atoms with Crippen LogP contribution < -0.4 is 4.74 Å². The number of hydrogen-bond acceptors (Lipinski definition) is 4. The van der Waals surface area contributed by atoms with Gasteiger partial charge in [0.15, 0.2) is 0 Å². The molecular weight excluding hydrogens is 611 g/mol. The van der Waals surface area contributed by atoms with E-state index in [4.69, 9.17) is 4.74 Å². The molecule has 0 bridgehead atoms. The van der Waals surface area contributed by atoms with Gasteiger partial charge in [-0.1, -0.05) is 42.2 Å². The summed E-state index contributed by atoms with van der Waals surface area (Å²) in [7, 11) is 3.56. The van der Waals surface area contributed by atoms with Crippen molar-refractivity contribution in [2.75, 3.05) is 27.2 Å². The molecule has 0 aromatic heterocycles. The van der Waals surface area contributed by atoms with Crippen LogP contribution in [-0.4, -0.2) is 91.9 Å². The fourth-order valence-electron chi connectivity index (χ4n) is 3.87. The van der Waals surface area contributed by atoms with Gasteiger partial charge >= 0.3 is 36.2 Å². The summed E-state index contributed by atoms with van der Waals surface area (Å²) in [6.45, 7) is 2.85. The molecule has 0 spiro atoms. The van der Waals surface area contributed by atoms with E-state index in [-0.39, 0.29) is 18.4 Å². The summed E-state index contributed by atoms with van der Waals surface area (Å²) in [6, 6.07) is 14.3. The van der Waals surface area contributed by atoms with E-state index in [2.05, 4.69) is 16.3 Å². The Hall–Kier alpha value is -2.38. The normalized spacial score (nSPS) is 17.0. The zero-order chi connectivity index (χ0) is 24.4. The maximum atomic E-state index is 12.8. The predicted molar refractivity (Wildman–Crippen MR) is 131 cm³/mol. The fourth-order valence-corrected chi connectivity index (χ4v) is 3.87. The van der Waals surface area contributed by atoms with Crippen molar-refractivity contribution in [1.29, 1.82) is 0 Å². The number of methoxy groups -OCH3 is 1. The molecule has 1 amide bonds. The van der Waals surface area contributed by atoms with Gasteiger partial charge in [0.05, 0.1) is 20.1 Å². The Kier molecular flexibility index (Phi) is 10.9. The number of likely N-dealkylation sites (tertiary alicyclic amines) is 1. The summed E-state index contributed by atoms with van der Waals surface area (Å²) in [5, 5.41) is 9.64. The molecule has 0 saturated carbocycles. The predicted octanol–water partition coefficient (Wildman–Crippen LogP) is 2.79. The summed E-state index contributed by atoms with van der Waals surface area (Å²) >= 11 is 1.31. The van der Waals surface area contributed by atoms with Crippen molar-refractivity contribution in [2.45, 2.75) is 36.3 Å². The number of benzene rings is 2. The van der Waals surface area contributed by atoms with Crippen molar-refractivity contribution < 1.29 is 19.4 Å². The van der Waals surface area contributed by atoms with Crippen LogP contribution >= 0.6 is 0 Å². The molecular formula is C26H31N2O4Pb. The first-order valence-electron chi connectivity index (χ1n) is 10.8. The van der Waals surface area contributed by atoms with Gasteiger partial charge in [-0.2, -0.15) is 0 Å². The quantitative estimate of drug-likeness (QED) is 0.388. The molecule has 1 aliphatic heterocycles. The van der Waals surface area contributed by atoms with Gasteiger partial charge in [-0.05, 0) is 49.7 Å². The van der Waals surface area contributed by atoms with Gasteiger partial charge in [0.1, 0.15) is 11.8 Å². The number of hydrogen-bond donors (Lipinski definition) is 1. The van der Waals surface area contributed by atoms with E-state index in [1.807, 2.05) is 67.4 Å². The number of carbonyl (C=O) groups is 2. The zero-order valence-electron chi connectivity index (χ0n) is 19.7. The number of nitrogens with zero attached hydrogens (tertiary/aromatic N) is 2. The molecule has 1 aliphatic rings. The molecule has 1 saturated heterocycles. The molecule has 33 heavy (non-hydrogen) atoms. The van der Waals surface area contributed by atoms with Crippen molar-refractivity contribution in [3.63, 3.8) is 0 Å². The van der Waals surface area contributed by atoms with Crippen LogP contribution in [-0.2, 0) is 16.0 Å². The molecule has 2 unspecified atom stereocenters. The average molecular weight is 643 g/mol. The Labute approximate surface area is 212 Å². The Morgan fingerprint density at radius 3 is 2.52 bits per heavy atom. The fraction of sp³-hybridized carbons (Fsp3) is 0.385. The van der Waals surface area contributed by atoms with Crippen LogP contribution in [0, 0.1) is 18.8 Å². The van der Waals surface area contributed by atoms with E-state index in [0.717, 1.165) is 22.4 Å². The van der Waals surface area contributed by atoms with Gasteiger partial charge in [-0.15, -0.1) is 0 Å². The van der Waals surface area contributed by atoms with E-state index in [1.165, 1.54) is 30.7 Å². The van der Waals surface area contributed by atoms with Crippen LogP contribution in [0.3, 0.4) is 0 Å². The van der Waals surface area contributed by atoms with Crippen molar-refractivity contribution in [2.24, 2.45) is 0 Å². The van der Waals surface area contributed by atoms with Crippen LogP contribution in [0.5, 0.6) is 5.75 Å². The van der Waals surface area contributed by atoms with Crippen LogP contribution in [0.4, 0.5) is 0 Å². The van der Waals surface area contributed by atoms with Gasteiger partial charge in [-0.25, -0.2) is 4.79 Å². The molecule has 173 valence electrons. The Bertz CT molecular complexity index is 1000. The molecule has 0 aliphatic carbocycles. The van der Waals surface area contributed by atoms with Gasteiger partial charge < -0.3 is 14.7 Å². The second kappa shape index (κ2) is 13.4. The van der Waals surface area contributed by atoms with E-state index in [0.29, 0.717) is 19.5 Å². The number of carboxylic acids is 1. The molecule has 3 radical (unpaired) electrons. The molecule has 1 fully saturated rings. The third kappa shape index (κ3) is 7.58. The number of ether oxygens (including phenoxy) is 1. The number of carboxylic acid groups (broad SMARTS) is 1. The second-order valence-corrected chi connectivity index (χ2v) is 7.85. The second-order valence-electron chi connectivity index (χ2n) is 7.85. The van der Waals surface area contributed by atoms with E-state index in [9.17, 15) is 14.7 Å². The van der Waals surface area contributed by atoms with Crippen LogP contribution in [0.2, 0.25) is 4.48 Å². The van der Waals surface area contributed by atoms with Gasteiger partial charge in [0, 0.05) is 18.2 Å². The van der Waals surface area contributed by atoms with Crippen LogP contribution in [0.15, 0.2) is 48.5 Å². The number of aryl methyl sites for hydroxylation is 1. The maximum absolute atomic E-state index is 12.8. The van der Waals surface area contributed by atoms with Crippen molar-refractivity contribution >= 4 is 37.6 Å². The van der Waals surface area contributed by atoms with E-state index in [1.54, 1.807) is 7.11 Å². The first kappa shape index (κ1) is 26.9. The third-order valence-corrected chi connectivity index (χ3v) is 5.66. The first-order valence-corrected chi connectivity index (χ1v) is 14.7. The van der Waals surface area contributed by atoms with Crippen molar-refractivity contribution in [3.05, 3.63) is 65.2 Å². The molecule has 2 atom stereocenters. The zero-order valence-corrected chi connectivity index (χ0v) is 23.6. The Balaban J connectivity index is 0.00000187. The number of likely N-dealkylation sites (N-methyl/N-ethyl adjacent to an activating group) is 1. The summed E-state index contributed by atoms with van der Waals surface area (Å²) in [4.78, 5) is 28.1. The SMILES string of the molecule is COc1ccc(C#CCN(C)C2CC(C(=O)O)N(C(=O)Cc3ccccc3)C2)cc1C.[CH3][Pb]. The number of amides is 1. The molecule has 6 nitrogen and oxygen atoms in total. The van der Waals surface area contributed by atoms with Gasteiger partial charge in [-0.3, -0.25) is 9.69 Å². The van der Waals surface area contributed by atoms with Crippen molar-refractivity contribution in [3.8, 4) is 17.6 Å². The van der Waals surface area contributed by atoms with Crippen LogP contribution in [0.25, 0.3) is 0 Å². The molecule has 1 N–H and O–H groups in total. The standard InChI is InChI=1S/C25H28N2O4.CH3.Pb/c1-18-14-20(11-12-23(18)31-3)10-7-13-26(2)21-16-22(25(29)30)27(17-21)24(28)15-19-8-5-4-6-9-19;;/h4-6,8-9,11-12,14,21-22H,13,15-17H2,1-3H3,(H,29,30);1H3;. The number of aliphatic carboxylic acids is 1. The summed E-state index contributed by atoms with van der Waals surface area (Å²) in [5.74, 6) is 6.01. The van der Waals surface area contributed by atoms with Gasteiger partial charge in [0.25, 0.3) is 0 Å². The first-order chi connectivity index (χ1) is 15.9. The minimum absolute atomic E-state index is 0.0484. The number of carbonyl (C=O) groups excluding carboxylic acids is 1. The monoisotopic (exact) mass is 643 g/mol. The average Bonchev–Trinajstić information content (AvgIpc) is 3.27. The molecule has 3 rings (SSSR count). The minimum atomic E-state index is -0.961. The van der Waals surface area contributed by atoms with E-state index >= 15 is 0 Å². The topological polar surface area (TPSA) is 70.1 Å². The Morgan fingerprint density at radius 1 is 1.21 bits per heavy atom. The van der Waals surface area contributed by atoms with Crippen LogP contribution in [0.1, 0.15) is 23.1 Å². The van der Waals surface area contributed by atoms with E-state index < -0.39 is 12.0 Å². The summed E-state index contributed by atoms with van der Waals surface area (Å²) in [6.07, 6.45) is 0.605. The summed E-state index contributed by atoms with van der Waals surface area (Å²) < 4.78 is 7.41.